The Bertz CT molecular complexity index is 84.7. The van der Waals surface area contributed by atoms with E-state index in [1.165, 1.54) is 0 Å². The molecule has 1 heteroatoms. The van der Waals surface area contributed by atoms with Gasteiger partial charge in [-0.25, -0.2) is 0 Å². The van der Waals surface area contributed by atoms with Crippen LogP contribution in [0, 0.1) is 43.9 Å². The first-order chi connectivity index (χ1) is 6.06. The van der Waals surface area contributed by atoms with E-state index in [2.05, 4.69) is 27.7 Å². The van der Waals surface area contributed by atoms with Gasteiger partial charge in [-0.05, 0) is 5.92 Å². The van der Waals surface area contributed by atoms with Crippen molar-refractivity contribution < 1.29 is 32.7 Å². The Hall–Kier alpha value is 1.10. The van der Waals surface area contributed by atoms with Gasteiger partial charge in [0.1, 0.15) is 0 Å². The monoisotopic (exact) mass is 272 g/mol. The molecular formula is C13H27Y. The third kappa shape index (κ3) is 8.42. The molecule has 0 aliphatic heterocycles. The van der Waals surface area contributed by atoms with E-state index < -0.39 is 0 Å². The minimum Gasteiger partial charge on any atom is -0.342 e. The van der Waals surface area contributed by atoms with E-state index in [4.69, 9.17) is 0 Å². The van der Waals surface area contributed by atoms with Crippen LogP contribution in [0.15, 0.2) is 0 Å². The molecule has 0 N–H and O–H groups in total. The average molecular weight is 272 g/mol. The van der Waals surface area contributed by atoms with Crippen molar-refractivity contribution in [3.63, 3.8) is 0 Å². The van der Waals surface area contributed by atoms with E-state index >= 15 is 0 Å². The Morgan fingerprint density at radius 3 is 1.21 bits per heavy atom. The van der Waals surface area contributed by atoms with E-state index in [-0.39, 0.29) is 32.7 Å². The minimum atomic E-state index is 0. The van der Waals surface area contributed by atoms with Crippen molar-refractivity contribution in [2.24, 2.45) is 23.7 Å². The van der Waals surface area contributed by atoms with Crippen LogP contribution < -0.4 is 0 Å². The molecule has 3 atom stereocenters. The zero-order chi connectivity index (χ0) is 11.0. The van der Waals surface area contributed by atoms with Gasteiger partial charge in [-0.1, -0.05) is 33.6 Å². The van der Waals surface area contributed by atoms with Gasteiger partial charge in [0.25, 0.3) is 0 Å². The first-order valence-electron chi connectivity index (χ1n) is 5.46. The van der Waals surface area contributed by atoms with Gasteiger partial charge in [0.05, 0.1) is 0 Å². The molecule has 82 valence electrons. The summed E-state index contributed by atoms with van der Waals surface area (Å²) in [6.45, 7) is 20.4. The summed E-state index contributed by atoms with van der Waals surface area (Å²) < 4.78 is 0. The molecule has 0 spiro atoms. The van der Waals surface area contributed by atoms with E-state index in [9.17, 15) is 0 Å². The Kier molecular flexibility index (Phi) is 17.8. The maximum atomic E-state index is 3.97. The van der Waals surface area contributed by atoms with Crippen LogP contribution in [0.1, 0.15) is 41.5 Å². The first-order valence-corrected chi connectivity index (χ1v) is 5.46. The maximum Gasteiger partial charge on any atom is 3.00 e. The van der Waals surface area contributed by atoms with Gasteiger partial charge < -0.3 is 20.3 Å². The molecular weight excluding hydrogens is 245 g/mol. The van der Waals surface area contributed by atoms with Gasteiger partial charge in [-0.15, -0.1) is 0 Å². The molecule has 1 saturated carbocycles. The summed E-state index contributed by atoms with van der Waals surface area (Å²) in [7, 11) is 0. The number of rotatable bonds is 1. The average Bonchev–Trinajstić information content (AvgIpc) is 2.65. The van der Waals surface area contributed by atoms with Crippen LogP contribution >= 0.6 is 0 Å². The summed E-state index contributed by atoms with van der Waals surface area (Å²) in [5, 5.41) is 0. The molecule has 0 nitrogen and oxygen atoms in total. The maximum absolute atomic E-state index is 3.97. The van der Waals surface area contributed by atoms with Crippen LogP contribution in [0.2, 0.25) is 0 Å². The van der Waals surface area contributed by atoms with Crippen molar-refractivity contribution in [3.05, 3.63) is 20.3 Å². The fourth-order valence-corrected chi connectivity index (χ4v) is 1.46. The van der Waals surface area contributed by atoms with Crippen molar-refractivity contribution in [3.8, 4) is 0 Å². The topological polar surface area (TPSA) is 0 Å². The van der Waals surface area contributed by atoms with Gasteiger partial charge in [0.15, 0.2) is 0 Å². The molecule has 0 aromatic heterocycles. The molecule has 2 unspecified atom stereocenters. The van der Waals surface area contributed by atoms with Crippen molar-refractivity contribution in [2.45, 2.75) is 41.5 Å². The van der Waals surface area contributed by atoms with Crippen LogP contribution in [0.3, 0.4) is 0 Å². The molecule has 0 saturated heterocycles. The number of hydrogen-bond acceptors (Lipinski definition) is 0. The van der Waals surface area contributed by atoms with Crippen molar-refractivity contribution in [1.29, 1.82) is 0 Å². The van der Waals surface area contributed by atoms with E-state index in [1.807, 2.05) is 34.1 Å². The van der Waals surface area contributed by atoms with Crippen LogP contribution in [-0.4, -0.2) is 0 Å². The second-order valence-corrected chi connectivity index (χ2v) is 3.73. The third-order valence-electron chi connectivity index (χ3n) is 2.17. The van der Waals surface area contributed by atoms with Crippen LogP contribution in [0.25, 0.3) is 0 Å². The molecule has 1 aliphatic rings. The molecule has 0 bridgehead atoms. The fourth-order valence-electron chi connectivity index (χ4n) is 1.46. The predicted molar refractivity (Wildman–Crippen MR) is 63.0 cm³/mol. The Morgan fingerprint density at radius 2 is 1.21 bits per heavy atom. The van der Waals surface area contributed by atoms with Crippen molar-refractivity contribution in [1.82, 2.24) is 0 Å². The summed E-state index contributed by atoms with van der Waals surface area (Å²) >= 11 is 0. The Labute approximate surface area is 118 Å². The van der Waals surface area contributed by atoms with E-state index in [1.54, 1.807) is 0 Å². The Morgan fingerprint density at radius 1 is 1.00 bits per heavy atom. The summed E-state index contributed by atoms with van der Waals surface area (Å²) in [4.78, 5) is 0. The predicted octanol–water partition coefficient (Wildman–Crippen LogP) is 4.43. The van der Waals surface area contributed by atoms with E-state index in [0.717, 1.165) is 11.8 Å². The van der Waals surface area contributed by atoms with Gasteiger partial charge in [-0.3, -0.25) is 0 Å². The molecule has 1 rings (SSSR count). The van der Waals surface area contributed by atoms with Gasteiger partial charge in [-0.2, -0.15) is 25.7 Å². The second-order valence-electron chi connectivity index (χ2n) is 3.73. The quantitative estimate of drug-likeness (QED) is 0.619. The molecule has 1 aliphatic carbocycles. The summed E-state index contributed by atoms with van der Waals surface area (Å²) in [5.41, 5.74) is 0. The Balaban J connectivity index is -0.000000176. The molecule has 0 radical (unpaired) electrons. The van der Waals surface area contributed by atoms with Crippen molar-refractivity contribution in [2.75, 3.05) is 0 Å². The smallest absolute Gasteiger partial charge is 0.342 e. The third-order valence-corrected chi connectivity index (χ3v) is 2.17. The zero-order valence-corrected chi connectivity index (χ0v) is 13.7. The van der Waals surface area contributed by atoms with Gasteiger partial charge in [0.2, 0.25) is 0 Å². The number of hydrogen-bond donors (Lipinski definition) is 0. The van der Waals surface area contributed by atoms with Crippen LogP contribution in [0.4, 0.5) is 0 Å². The van der Waals surface area contributed by atoms with Crippen LogP contribution in [-0.2, 0) is 32.7 Å². The largest absolute Gasteiger partial charge is 3.00 e. The summed E-state index contributed by atoms with van der Waals surface area (Å²) in [5.74, 6) is 2.90. The molecule has 14 heavy (non-hydrogen) atoms. The normalized spacial score (nSPS) is 27.6. The molecule has 0 aromatic carbocycles. The van der Waals surface area contributed by atoms with E-state index in [0.29, 0.717) is 11.8 Å². The van der Waals surface area contributed by atoms with Crippen molar-refractivity contribution >= 4 is 0 Å². The first kappa shape index (κ1) is 20.5. The van der Waals surface area contributed by atoms with Gasteiger partial charge in [0, 0.05) is 0 Å². The molecule has 0 aromatic rings. The molecule has 0 heterocycles. The fraction of sp³-hybridized carbons (Fsp3) is 0.769. The molecule has 1 fully saturated rings. The summed E-state index contributed by atoms with van der Waals surface area (Å²) in [6.07, 6.45) is 2.00. The van der Waals surface area contributed by atoms with Crippen LogP contribution in [0.5, 0.6) is 0 Å². The zero-order valence-electron chi connectivity index (χ0n) is 10.9. The second kappa shape index (κ2) is 12.2. The SMILES string of the molecule is CC.C[CH-]C.[CH2-]C1C(C(C)C)[C@H]1[CH2-].[Y+3]. The minimum absolute atomic E-state index is 0. The summed E-state index contributed by atoms with van der Waals surface area (Å²) in [6, 6.07) is 0. The van der Waals surface area contributed by atoms with Gasteiger partial charge >= 0.3 is 32.7 Å². The standard InChI is InChI=1S/C8H14.C3H7.C2H6.Y/c1-5(2)8-6(3)7(8)4;1-3-2;1-2;/h5-8H,3-4H2,1-2H3;3H,1-2H3;1-2H3;/q-2;-1;;+3/t6-,7?,8?;;;/m0.../s1. The molecule has 0 amide bonds.